The summed E-state index contributed by atoms with van der Waals surface area (Å²) in [6, 6.07) is 16.8. The molecule has 2 N–H and O–H groups in total. The number of thiazole rings is 1. The molecule has 2 aromatic carbocycles. The number of hydrogen-bond donors (Lipinski definition) is 2. The minimum absolute atomic E-state index is 0.176. The predicted molar refractivity (Wildman–Crippen MR) is 116 cm³/mol. The molecular formula is C21H21N3O2S2. The van der Waals surface area contributed by atoms with Crippen molar-refractivity contribution < 1.29 is 9.59 Å². The second-order valence-electron chi connectivity index (χ2n) is 6.26. The third kappa shape index (κ3) is 5.43. The summed E-state index contributed by atoms with van der Waals surface area (Å²) in [6.45, 7) is 1.81. The van der Waals surface area contributed by atoms with Crippen molar-refractivity contribution in [3.05, 3.63) is 65.5 Å². The molecule has 0 bridgehead atoms. The molecule has 0 spiro atoms. The highest BCUT2D eigenvalue weighted by atomic mass is 32.2. The van der Waals surface area contributed by atoms with Crippen LogP contribution in [0.1, 0.15) is 23.7 Å². The van der Waals surface area contributed by atoms with Gasteiger partial charge < -0.3 is 10.6 Å². The lowest BCUT2D eigenvalue weighted by Gasteiger charge is -2.13. The Morgan fingerprint density at radius 2 is 1.82 bits per heavy atom. The molecule has 2 amide bonds. The lowest BCUT2D eigenvalue weighted by atomic mass is 10.1. The molecule has 0 radical (unpaired) electrons. The van der Waals surface area contributed by atoms with Gasteiger partial charge in [0.05, 0.1) is 5.69 Å². The van der Waals surface area contributed by atoms with E-state index in [4.69, 9.17) is 0 Å². The summed E-state index contributed by atoms with van der Waals surface area (Å²) in [6.07, 6.45) is 2.21. The van der Waals surface area contributed by atoms with Crippen molar-refractivity contribution in [1.82, 2.24) is 10.3 Å². The largest absolute Gasteiger partial charge is 0.349 e. The minimum Gasteiger partial charge on any atom is -0.349 e. The maximum atomic E-state index is 12.3. The molecule has 1 atom stereocenters. The third-order valence-electron chi connectivity index (χ3n) is 4.04. The van der Waals surface area contributed by atoms with E-state index in [-0.39, 0.29) is 24.3 Å². The molecule has 144 valence electrons. The zero-order chi connectivity index (χ0) is 19.9. The fourth-order valence-corrected chi connectivity index (χ4v) is 3.77. The minimum atomic E-state index is -0.286. The van der Waals surface area contributed by atoms with Crippen LogP contribution >= 0.6 is 23.1 Å². The van der Waals surface area contributed by atoms with Crippen LogP contribution in [-0.4, -0.2) is 29.1 Å². The number of rotatable bonds is 7. The molecular weight excluding hydrogens is 390 g/mol. The maximum absolute atomic E-state index is 12.3. The highest BCUT2D eigenvalue weighted by Gasteiger charge is 2.14. The van der Waals surface area contributed by atoms with Crippen LogP contribution in [0.3, 0.4) is 0 Å². The van der Waals surface area contributed by atoms with E-state index in [9.17, 15) is 9.59 Å². The summed E-state index contributed by atoms with van der Waals surface area (Å²) >= 11 is 3.07. The zero-order valence-electron chi connectivity index (χ0n) is 15.6. The van der Waals surface area contributed by atoms with Gasteiger partial charge in [-0.2, -0.15) is 0 Å². The molecule has 1 heterocycles. The quantitative estimate of drug-likeness (QED) is 0.554. The zero-order valence-corrected chi connectivity index (χ0v) is 17.3. The van der Waals surface area contributed by atoms with Crippen LogP contribution in [0.25, 0.3) is 11.3 Å². The SMILES string of the molecule is CSc1ccc(-c2csc(NC(=O)CC(C)NC(=O)c3ccccc3)n2)cc1. The summed E-state index contributed by atoms with van der Waals surface area (Å²) in [5, 5.41) is 8.12. The number of anilines is 1. The molecule has 0 saturated carbocycles. The van der Waals surface area contributed by atoms with Crippen molar-refractivity contribution in [2.45, 2.75) is 24.3 Å². The van der Waals surface area contributed by atoms with Gasteiger partial charge in [-0.05, 0) is 37.4 Å². The Labute approximate surface area is 172 Å². The third-order valence-corrected chi connectivity index (χ3v) is 5.54. The molecule has 0 aliphatic heterocycles. The first kappa shape index (κ1) is 20.1. The summed E-state index contributed by atoms with van der Waals surface area (Å²) in [4.78, 5) is 30.1. The molecule has 0 fully saturated rings. The van der Waals surface area contributed by atoms with Crippen LogP contribution in [-0.2, 0) is 4.79 Å². The normalized spacial score (nSPS) is 11.6. The molecule has 3 rings (SSSR count). The van der Waals surface area contributed by atoms with Crippen molar-refractivity contribution >= 4 is 40.0 Å². The van der Waals surface area contributed by atoms with E-state index in [2.05, 4.69) is 27.8 Å². The van der Waals surface area contributed by atoms with Gasteiger partial charge in [-0.25, -0.2) is 4.98 Å². The van der Waals surface area contributed by atoms with Gasteiger partial charge in [-0.3, -0.25) is 9.59 Å². The molecule has 3 aromatic rings. The number of amides is 2. The van der Waals surface area contributed by atoms with E-state index in [1.54, 1.807) is 43.0 Å². The van der Waals surface area contributed by atoms with Gasteiger partial charge >= 0.3 is 0 Å². The maximum Gasteiger partial charge on any atom is 0.251 e. The van der Waals surface area contributed by atoms with Gasteiger partial charge in [0.2, 0.25) is 5.91 Å². The highest BCUT2D eigenvalue weighted by Crippen LogP contribution is 2.26. The number of nitrogens with one attached hydrogen (secondary N) is 2. The lowest BCUT2D eigenvalue weighted by Crippen LogP contribution is -2.35. The van der Waals surface area contributed by atoms with E-state index in [1.165, 1.54) is 16.2 Å². The second kappa shape index (κ2) is 9.52. The fraction of sp³-hybridized carbons (Fsp3) is 0.190. The topological polar surface area (TPSA) is 71.1 Å². The molecule has 28 heavy (non-hydrogen) atoms. The van der Waals surface area contributed by atoms with E-state index in [0.717, 1.165) is 11.3 Å². The smallest absolute Gasteiger partial charge is 0.251 e. The number of nitrogens with zero attached hydrogens (tertiary/aromatic N) is 1. The van der Waals surface area contributed by atoms with Crippen molar-refractivity contribution in [2.75, 3.05) is 11.6 Å². The molecule has 1 aromatic heterocycles. The molecule has 7 heteroatoms. The van der Waals surface area contributed by atoms with Gasteiger partial charge in [0, 0.05) is 33.9 Å². The summed E-state index contributed by atoms with van der Waals surface area (Å²) in [5.74, 6) is -0.370. The van der Waals surface area contributed by atoms with Gasteiger partial charge in [-0.15, -0.1) is 23.1 Å². The average molecular weight is 412 g/mol. The van der Waals surface area contributed by atoms with Crippen LogP contribution < -0.4 is 10.6 Å². The number of aromatic nitrogens is 1. The lowest BCUT2D eigenvalue weighted by molar-refractivity contribution is -0.116. The number of benzene rings is 2. The van der Waals surface area contributed by atoms with Crippen molar-refractivity contribution in [2.24, 2.45) is 0 Å². The van der Waals surface area contributed by atoms with Crippen molar-refractivity contribution in [1.29, 1.82) is 0 Å². The van der Waals surface area contributed by atoms with Gasteiger partial charge in [0.15, 0.2) is 5.13 Å². The molecule has 1 unspecified atom stereocenters. The van der Waals surface area contributed by atoms with Crippen molar-refractivity contribution in [3.8, 4) is 11.3 Å². The Bertz CT molecular complexity index is 940. The summed E-state index contributed by atoms with van der Waals surface area (Å²) in [7, 11) is 0. The highest BCUT2D eigenvalue weighted by molar-refractivity contribution is 7.98. The standard InChI is InChI=1S/C21H21N3O2S2/c1-14(22-20(26)16-6-4-3-5-7-16)12-19(25)24-21-23-18(13-28-21)15-8-10-17(27-2)11-9-15/h3-11,13-14H,12H2,1-2H3,(H,22,26)(H,23,24,25). The van der Waals surface area contributed by atoms with Crippen LogP contribution in [0.15, 0.2) is 64.9 Å². The molecule has 0 aliphatic rings. The van der Waals surface area contributed by atoms with Crippen LogP contribution in [0, 0.1) is 0 Å². The number of thioether (sulfide) groups is 1. The first-order valence-corrected chi connectivity index (χ1v) is 10.9. The van der Waals surface area contributed by atoms with Crippen LogP contribution in [0.2, 0.25) is 0 Å². The van der Waals surface area contributed by atoms with Gasteiger partial charge in [0.25, 0.3) is 5.91 Å². The van der Waals surface area contributed by atoms with E-state index >= 15 is 0 Å². The summed E-state index contributed by atoms with van der Waals surface area (Å²) < 4.78 is 0. The second-order valence-corrected chi connectivity index (χ2v) is 8.00. The fourth-order valence-electron chi connectivity index (χ4n) is 2.62. The van der Waals surface area contributed by atoms with E-state index in [1.807, 2.05) is 29.8 Å². The first-order chi connectivity index (χ1) is 13.5. The Morgan fingerprint density at radius 1 is 1.11 bits per heavy atom. The Hall–Kier alpha value is -2.64. The monoisotopic (exact) mass is 411 g/mol. The molecule has 5 nitrogen and oxygen atoms in total. The van der Waals surface area contributed by atoms with E-state index < -0.39 is 0 Å². The number of carbonyl (C=O) groups is 2. The summed E-state index contributed by atoms with van der Waals surface area (Å²) in [5.41, 5.74) is 2.42. The Balaban J connectivity index is 1.53. The Kier molecular flexibility index (Phi) is 6.84. The molecule has 0 aliphatic carbocycles. The van der Waals surface area contributed by atoms with Gasteiger partial charge in [0.1, 0.15) is 0 Å². The predicted octanol–water partition coefficient (Wildman–Crippen LogP) is 4.68. The van der Waals surface area contributed by atoms with Crippen LogP contribution in [0.5, 0.6) is 0 Å². The molecule has 0 saturated heterocycles. The van der Waals surface area contributed by atoms with Crippen molar-refractivity contribution in [3.63, 3.8) is 0 Å². The first-order valence-electron chi connectivity index (χ1n) is 8.81. The van der Waals surface area contributed by atoms with Gasteiger partial charge in [-0.1, -0.05) is 30.3 Å². The average Bonchev–Trinajstić information content (AvgIpc) is 3.16. The number of carbonyl (C=O) groups excluding carboxylic acids is 2. The van der Waals surface area contributed by atoms with E-state index in [0.29, 0.717) is 10.7 Å². The number of hydrogen-bond acceptors (Lipinski definition) is 5. The van der Waals surface area contributed by atoms with Crippen LogP contribution in [0.4, 0.5) is 5.13 Å². The Morgan fingerprint density at radius 3 is 2.50 bits per heavy atom.